The first-order valence-electron chi connectivity index (χ1n) is 8.84. The summed E-state index contributed by atoms with van der Waals surface area (Å²) in [6, 6.07) is 6.27. The Morgan fingerprint density at radius 1 is 1.12 bits per heavy atom. The predicted octanol–water partition coefficient (Wildman–Crippen LogP) is 2.77. The van der Waals surface area contributed by atoms with E-state index in [0.717, 1.165) is 29.7 Å². The summed E-state index contributed by atoms with van der Waals surface area (Å²) in [6.07, 6.45) is 2.75. The molecule has 0 spiro atoms. The van der Waals surface area contributed by atoms with Gasteiger partial charge in [0.15, 0.2) is 0 Å². The largest absolute Gasteiger partial charge is 0.365 e. The van der Waals surface area contributed by atoms with Crippen LogP contribution in [0.15, 0.2) is 24.5 Å². The van der Waals surface area contributed by atoms with Crippen LogP contribution in [0.5, 0.6) is 0 Å². The Hall–Kier alpha value is -1.72. The highest BCUT2D eigenvalue weighted by Crippen LogP contribution is 2.25. The second kappa shape index (κ2) is 7.03. The third kappa shape index (κ3) is 4.02. The number of benzene rings is 1. The lowest BCUT2D eigenvalue weighted by Crippen LogP contribution is -2.46. The molecule has 5 heteroatoms. The summed E-state index contributed by atoms with van der Waals surface area (Å²) in [6.45, 7) is 12.4. The van der Waals surface area contributed by atoms with Gasteiger partial charge in [-0.1, -0.05) is 12.1 Å². The molecule has 0 radical (unpaired) electrons. The minimum atomic E-state index is -0.00558. The number of aryl methyl sites for hydroxylation is 1. The van der Waals surface area contributed by atoms with Crippen molar-refractivity contribution in [3.05, 3.63) is 30.1 Å². The number of piperazine rings is 1. The number of fused-ring (bicyclic) bond motifs is 1. The molecular formula is C19H29N5. The van der Waals surface area contributed by atoms with Crippen LogP contribution in [0.4, 0.5) is 5.82 Å². The predicted molar refractivity (Wildman–Crippen MR) is 101 cm³/mol. The highest BCUT2D eigenvalue weighted by Gasteiger charge is 2.22. The number of aromatic nitrogens is 2. The highest BCUT2D eigenvalue weighted by molar-refractivity contribution is 5.91. The van der Waals surface area contributed by atoms with E-state index in [4.69, 9.17) is 0 Å². The average Bonchev–Trinajstić information content (AvgIpc) is 2.55. The molecule has 2 heterocycles. The van der Waals surface area contributed by atoms with Crippen LogP contribution in [-0.2, 0) is 0 Å². The standard InChI is InChI=1S/C19H29N5/c1-15-6-5-7-16-17(15)20-14-21-18(16)22-19(2,3)8-9-24-12-10-23(4)11-13-24/h5-7,14H,8-13H2,1-4H3,(H,20,21,22). The van der Waals surface area contributed by atoms with Crippen LogP contribution in [0.1, 0.15) is 25.8 Å². The van der Waals surface area contributed by atoms with Gasteiger partial charge in [-0.25, -0.2) is 9.97 Å². The molecule has 130 valence electrons. The van der Waals surface area contributed by atoms with Gasteiger partial charge >= 0.3 is 0 Å². The van der Waals surface area contributed by atoms with Crippen LogP contribution in [-0.4, -0.2) is 65.1 Å². The van der Waals surface area contributed by atoms with Crippen molar-refractivity contribution in [2.24, 2.45) is 0 Å². The minimum Gasteiger partial charge on any atom is -0.365 e. The van der Waals surface area contributed by atoms with E-state index < -0.39 is 0 Å². The highest BCUT2D eigenvalue weighted by atomic mass is 15.2. The lowest BCUT2D eigenvalue weighted by atomic mass is 9.99. The van der Waals surface area contributed by atoms with Crippen molar-refractivity contribution < 1.29 is 0 Å². The van der Waals surface area contributed by atoms with Gasteiger partial charge in [-0.3, -0.25) is 0 Å². The van der Waals surface area contributed by atoms with E-state index in [1.807, 2.05) is 0 Å². The van der Waals surface area contributed by atoms with Gasteiger partial charge < -0.3 is 15.1 Å². The van der Waals surface area contributed by atoms with E-state index in [0.29, 0.717) is 0 Å². The van der Waals surface area contributed by atoms with Crippen LogP contribution in [0.2, 0.25) is 0 Å². The molecule has 1 aliphatic heterocycles. The zero-order valence-corrected chi connectivity index (χ0v) is 15.3. The molecule has 1 saturated heterocycles. The van der Waals surface area contributed by atoms with E-state index >= 15 is 0 Å². The maximum absolute atomic E-state index is 4.50. The molecule has 0 unspecified atom stereocenters. The van der Waals surface area contributed by atoms with Gasteiger partial charge in [-0.05, 0) is 45.9 Å². The Labute approximate surface area is 145 Å². The molecule has 1 aromatic heterocycles. The first-order chi connectivity index (χ1) is 11.4. The Balaban J connectivity index is 1.67. The fourth-order valence-corrected chi connectivity index (χ4v) is 3.23. The second-order valence-electron chi connectivity index (χ2n) is 7.60. The van der Waals surface area contributed by atoms with Crippen molar-refractivity contribution in [1.29, 1.82) is 0 Å². The van der Waals surface area contributed by atoms with Crippen LogP contribution in [0, 0.1) is 6.92 Å². The summed E-state index contributed by atoms with van der Waals surface area (Å²) in [7, 11) is 2.20. The van der Waals surface area contributed by atoms with Crippen molar-refractivity contribution in [3.63, 3.8) is 0 Å². The zero-order valence-electron chi connectivity index (χ0n) is 15.3. The van der Waals surface area contributed by atoms with E-state index in [1.54, 1.807) is 6.33 Å². The first-order valence-corrected chi connectivity index (χ1v) is 8.84. The minimum absolute atomic E-state index is 0.00558. The Kier molecular flexibility index (Phi) is 5.01. The van der Waals surface area contributed by atoms with Gasteiger partial charge in [-0.2, -0.15) is 0 Å². The van der Waals surface area contributed by atoms with Crippen molar-refractivity contribution >= 4 is 16.7 Å². The lowest BCUT2D eigenvalue weighted by molar-refractivity contribution is 0.147. The maximum atomic E-state index is 4.50. The summed E-state index contributed by atoms with van der Waals surface area (Å²) < 4.78 is 0. The topological polar surface area (TPSA) is 44.3 Å². The van der Waals surface area contributed by atoms with Crippen LogP contribution in [0.25, 0.3) is 10.9 Å². The van der Waals surface area contributed by atoms with Crippen LogP contribution < -0.4 is 5.32 Å². The molecule has 0 saturated carbocycles. The van der Waals surface area contributed by atoms with Crippen LogP contribution in [0.3, 0.4) is 0 Å². The van der Waals surface area contributed by atoms with E-state index in [2.05, 4.69) is 71.1 Å². The molecule has 0 aliphatic carbocycles. The monoisotopic (exact) mass is 327 g/mol. The molecule has 0 atom stereocenters. The Morgan fingerprint density at radius 3 is 2.62 bits per heavy atom. The number of nitrogens with one attached hydrogen (secondary N) is 1. The van der Waals surface area contributed by atoms with Crippen molar-refractivity contribution in [1.82, 2.24) is 19.8 Å². The summed E-state index contributed by atoms with van der Waals surface area (Å²) in [5, 5.41) is 4.75. The fraction of sp³-hybridized carbons (Fsp3) is 0.579. The molecule has 3 rings (SSSR count). The number of hydrogen-bond acceptors (Lipinski definition) is 5. The maximum Gasteiger partial charge on any atom is 0.137 e. The van der Waals surface area contributed by atoms with E-state index in [9.17, 15) is 0 Å². The quantitative estimate of drug-likeness (QED) is 0.915. The van der Waals surface area contributed by atoms with Gasteiger partial charge in [0, 0.05) is 43.6 Å². The summed E-state index contributed by atoms with van der Waals surface area (Å²) in [5.41, 5.74) is 2.21. The van der Waals surface area contributed by atoms with Crippen molar-refractivity contribution in [2.45, 2.75) is 32.7 Å². The van der Waals surface area contributed by atoms with Gasteiger partial charge in [-0.15, -0.1) is 0 Å². The molecule has 1 N–H and O–H groups in total. The van der Waals surface area contributed by atoms with Gasteiger partial charge in [0.2, 0.25) is 0 Å². The molecular weight excluding hydrogens is 298 g/mol. The van der Waals surface area contributed by atoms with E-state index in [-0.39, 0.29) is 5.54 Å². The lowest BCUT2D eigenvalue weighted by Gasteiger charge is -2.35. The SMILES string of the molecule is Cc1cccc2c(NC(C)(C)CCN3CCN(C)CC3)ncnc12. The molecule has 0 bridgehead atoms. The molecule has 1 aromatic carbocycles. The average molecular weight is 327 g/mol. The third-order valence-electron chi connectivity index (χ3n) is 4.97. The Morgan fingerprint density at radius 2 is 1.88 bits per heavy atom. The van der Waals surface area contributed by atoms with Gasteiger partial charge in [0.25, 0.3) is 0 Å². The number of likely N-dealkylation sites (N-methyl/N-ethyl adjacent to an activating group) is 1. The molecule has 1 fully saturated rings. The number of anilines is 1. The van der Waals surface area contributed by atoms with Crippen molar-refractivity contribution in [3.8, 4) is 0 Å². The number of rotatable bonds is 5. The summed E-state index contributed by atoms with van der Waals surface area (Å²) in [5.74, 6) is 0.937. The van der Waals surface area contributed by atoms with E-state index in [1.165, 1.54) is 31.7 Å². The number of para-hydroxylation sites is 1. The smallest absolute Gasteiger partial charge is 0.137 e. The summed E-state index contributed by atoms with van der Waals surface area (Å²) >= 11 is 0. The van der Waals surface area contributed by atoms with Crippen molar-refractivity contribution in [2.75, 3.05) is 45.1 Å². The second-order valence-corrected chi connectivity index (χ2v) is 7.60. The normalized spacial score (nSPS) is 17.3. The third-order valence-corrected chi connectivity index (χ3v) is 4.97. The molecule has 1 aliphatic rings. The van der Waals surface area contributed by atoms with Crippen LogP contribution >= 0.6 is 0 Å². The number of hydrogen-bond donors (Lipinski definition) is 1. The fourth-order valence-electron chi connectivity index (χ4n) is 3.23. The molecule has 24 heavy (non-hydrogen) atoms. The Bertz CT molecular complexity index is 689. The molecule has 2 aromatic rings. The van der Waals surface area contributed by atoms with Gasteiger partial charge in [0.1, 0.15) is 12.1 Å². The van der Waals surface area contributed by atoms with Gasteiger partial charge in [0.05, 0.1) is 5.52 Å². The first kappa shape index (κ1) is 17.1. The summed E-state index contributed by atoms with van der Waals surface area (Å²) in [4.78, 5) is 13.9. The molecule has 5 nitrogen and oxygen atoms in total. The molecule has 0 amide bonds. The number of nitrogens with zero attached hydrogens (tertiary/aromatic N) is 4. The zero-order chi connectivity index (χ0) is 17.2.